The minimum atomic E-state index is -4.04. The summed E-state index contributed by atoms with van der Waals surface area (Å²) in [5, 5.41) is 2.88. The standard InChI is InChI=1S/C25H28N2O5S/c1-18-14-15-24(32-4)22(16-18)27(33(29,30)20-10-6-5-7-11-20)17-25(28)26-19(2)21-12-8-9-13-23(21)31-3/h5-16,19H,17H2,1-4H3,(H,26,28). The smallest absolute Gasteiger partial charge is 0.264 e. The van der Waals surface area contributed by atoms with Crippen LogP contribution in [0.15, 0.2) is 77.7 Å². The first-order valence-corrected chi connectivity index (χ1v) is 11.9. The fraction of sp³-hybridized carbons (Fsp3) is 0.240. The van der Waals surface area contributed by atoms with Crippen molar-refractivity contribution in [1.82, 2.24) is 5.32 Å². The lowest BCUT2D eigenvalue weighted by molar-refractivity contribution is -0.120. The maximum absolute atomic E-state index is 13.6. The third-order valence-corrected chi connectivity index (χ3v) is 6.98. The van der Waals surface area contributed by atoms with Crippen molar-refractivity contribution in [3.05, 3.63) is 83.9 Å². The molecule has 33 heavy (non-hydrogen) atoms. The molecule has 0 saturated carbocycles. The van der Waals surface area contributed by atoms with Crippen LogP contribution in [0.4, 0.5) is 5.69 Å². The molecule has 0 aliphatic carbocycles. The van der Waals surface area contributed by atoms with Crippen LogP contribution < -0.4 is 19.1 Å². The van der Waals surface area contributed by atoms with Gasteiger partial charge >= 0.3 is 0 Å². The van der Waals surface area contributed by atoms with Gasteiger partial charge in [0.25, 0.3) is 10.0 Å². The van der Waals surface area contributed by atoms with Gasteiger partial charge in [-0.15, -0.1) is 0 Å². The van der Waals surface area contributed by atoms with Crippen LogP contribution in [0, 0.1) is 6.92 Å². The number of methoxy groups -OCH3 is 2. The van der Waals surface area contributed by atoms with Crippen molar-refractivity contribution < 1.29 is 22.7 Å². The molecule has 3 aromatic carbocycles. The molecule has 0 aromatic heterocycles. The summed E-state index contributed by atoms with van der Waals surface area (Å²) in [7, 11) is -1.02. The monoisotopic (exact) mass is 468 g/mol. The highest BCUT2D eigenvalue weighted by Crippen LogP contribution is 2.33. The van der Waals surface area contributed by atoms with Crippen molar-refractivity contribution in [1.29, 1.82) is 0 Å². The molecular formula is C25H28N2O5S. The Morgan fingerprint density at radius 1 is 0.939 bits per heavy atom. The van der Waals surface area contributed by atoms with Crippen LogP contribution in [0.1, 0.15) is 24.1 Å². The van der Waals surface area contributed by atoms with E-state index in [2.05, 4.69) is 5.32 Å². The Balaban J connectivity index is 1.97. The number of sulfonamides is 1. The number of hydrogen-bond donors (Lipinski definition) is 1. The number of ether oxygens (including phenoxy) is 2. The number of aryl methyl sites for hydroxylation is 1. The van der Waals surface area contributed by atoms with Crippen LogP contribution in [0.25, 0.3) is 0 Å². The Kier molecular flexibility index (Phi) is 7.60. The second-order valence-corrected chi connectivity index (χ2v) is 9.39. The average molecular weight is 469 g/mol. The maximum atomic E-state index is 13.6. The fourth-order valence-corrected chi connectivity index (χ4v) is 4.98. The normalized spacial score (nSPS) is 12.0. The summed E-state index contributed by atoms with van der Waals surface area (Å²) in [5.41, 5.74) is 1.92. The zero-order chi connectivity index (χ0) is 24.0. The molecule has 1 N–H and O–H groups in total. The molecule has 0 saturated heterocycles. The summed E-state index contributed by atoms with van der Waals surface area (Å²) in [6, 6.07) is 20.2. The molecule has 0 radical (unpaired) electrons. The van der Waals surface area contributed by atoms with Crippen molar-refractivity contribution in [2.75, 3.05) is 25.1 Å². The van der Waals surface area contributed by atoms with E-state index >= 15 is 0 Å². The summed E-state index contributed by atoms with van der Waals surface area (Å²) in [5.74, 6) is 0.529. The lowest BCUT2D eigenvalue weighted by atomic mass is 10.1. The predicted octanol–water partition coefficient (Wildman–Crippen LogP) is 4.08. The van der Waals surface area contributed by atoms with Crippen molar-refractivity contribution in [2.24, 2.45) is 0 Å². The zero-order valence-corrected chi connectivity index (χ0v) is 19.9. The van der Waals surface area contributed by atoms with E-state index in [-0.39, 0.29) is 4.90 Å². The number of amides is 1. The number of nitrogens with zero attached hydrogens (tertiary/aromatic N) is 1. The highest BCUT2D eigenvalue weighted by atomic mass is 32.2. The largest absolute Gasteiger partial charge is 0.496 e. The molecule has 3 rings (SSSR count). The second kappa shape index (κ2) is 10.4. The van der Waals surface area contributed by atoms with Gasteiger partial charge < -0.3 is 14.8 Å². The van der Waals surface area contributed by atoms with Crippen LogP contribution in [0.5, 0.6) is 11.5 Å². The van der Waals surface area contributed by atoms with Crippen molar-refractivity contribution in [3.8, 4) is 11.5 Å². The van der Waals surface area contributed by atoms with E-state index in [0.717, 1.165) is 15.4 Å². The molecule has 7 nitrogen and oxygen atoms in total. The van der Waals surface area contributed by atoms with E-state index in [1.54, 1.807) is 37.4 Å². The molecule has 8 heteroatoms. The van der Waals surface area contributed by atoms with E-state index in [1.165, 1.54) is 19.2 Å². The first kappa shape index (κ1) is 24.1. The molecule has 0 aliphatic rings. The molecule has 0 fully saturated rings. The molecule has 1 unspecified atom stereocenters. The number of carbonyl (C=O) groups is 1. The van der Waals surface area contributed by atoms with Crippen molar-refractivity contribution >= 4 is 21.6 Å². The highest BCUT2D eigenvalue weighted by molar-refractivity contribution is 7.92. The van der Waals surface area contributed by atoms with Gasteiger partial charge in [0.15, 0.2) is 0 Å². The van der Waals surface area contributed by atoms with Gasteiger partial charge in [-0.25, -0.2) is 8.42 Å². The Morgan fingerprint density at radius 2 is 1.58 bits per heavy atom. The number of para-hydroxylation sites is 1. The summed E-state index contributed by atoms with van der Waals surface area (Å²) in [6.45, 7) is 3.25. The molecule has 1 atom stereocenters. The van der Waals surface area contributed by atoms with Gasteiger partial charge in [0.2, 0.25) is 5.91 Å². The number of hydrogen-bond acceptors (Lipinski definition) is 5. The molecule has 0 aliphatic heterocycles. The average Bonchev–Trinajstić information content (AvgIpc) is 2.82. The molecule has 0 bridgehead atoms. The highest BCUT2D eigenvalue weighted by Gasteiger charge is 2.30. The van der Waals surface area contributed by atoms with Crippen molar-refractivity contribution in [3.63, 3.8) is 0 Å². The van der Waals surface area contributed by atoms with Crippen LogP contribution in [0.2, 0.25) is 0 Å². The van der Waals surface area contributed by atoms with Gasteiger partial charge in [-0.1, -0.05) is 42.5 Å². The molecule has 174 valence electrons. The topological polar surface area (TPSA) is 84.9 Å². The molecule has 1 amide bonds. The molecule has 0 spiro atoms. The third kappa shape index (κ3) is 5.46. The van der Waals surface area contributed by atoms with Crippen LogP contribution in [0.3, 0.4) is 0 Å². The number of nitrogens with one attached hydrogen (secondary N) is 1. The SMILES string of the molecule is COc1ccccc1C(C)NC(=O)CN(c1cc(C)ccc1OC)S(=O)(=O)c1ccccc1. The molecule has 0 heterocycles. The summed E-state index contributed by atoms with van der Waals surface area (Å²) >= 11 is 0. The van der Waals surface area contributed by atoms with E-state index in [0.29, 0.717) is 17.2 Å². The quantitative estimate of drug-likeness (QED) is 0.511. The van der Waals surface area contributed by atoms with Gasteiger partial charge in [0, 0.05) is 5.56 Å². The Morgan fingerprint density at radius 3 is 2.24 bits per heavy atom. The number of rotatable bonds is 9. The Bertz CT molecular complexity index is 1210. The summed E-state index contributed by atoms with van der Waals surface area (Å²) in [4.78, 5) is 13.2. The third-order valence-electron chi connectivity index (χ3n) is 5.20. The Hall–Kier alpha value is -3.52. The lowest BCUT2D eigenvalue weighted by Crippen LogP contribution is -2.41. The number of carbonyl (C=O) groups excluding carboxylic acids is 1. The fourth-order valence-electron chi connectivity index (χ4n) is 3.53. The van der Waals surface area contributed by atoms with Crippen LogP contribution in [-0.2, 0) is 14.8 Å². The van der Waals surface area contributed by atoms with Gasteiger partial charge in [-0.3, -0.25) is 9.10 Å². The van der Waals surface area contributed by atoms with Crippen LogP contribution in [-0.4, -0.2) is 35.1 Å². The second-order valence-electron chi connectivity index (χ2n) is 7.53. The maximum Gasteiger partial charge on any atom is 0.264 e. The van der Waals surface area contributed by atoms with Gasteiger partial charge in [0.1, 0.15) is 18.0 Å². The molecule has 3 aromatic rings. The van der Waals surface area contributed by atoms with Gasteiger partial charge in [-0.2, -0.15) is 0 Å². The van der Waals surface area contributed by atoms with E-state index in [4.69, 9.17) is 9.47 Å². The van der Waals surface area contributed by atoms with E-state index < -0.39 is 28.5 Å². The first-order valence-electron chi connectivity index (χ1n) is 10.4. The predicted molar refractivity (Wildman–Crippen MR) is 128 cm³/mol. The number of anilines is 1. The van der Waals surface area contributed by atoms with E-state index in [1.807, 2.05) is 44.2 Å². The summed E-state index contributed by atoms with van der Waals surface area (Å²) < 4.78 is 39.0. The minimum absolute atomic E-state index is 0.0825. The Labute approximate surface area is 195 Å². The zero-order valence-electron chi connectivity index (χ0n) is 19.1. The summed E-state index contributed by atoms with van der Waals surface area (Å²) in [6.07, 6.45) is 0. The van der Waals surface area contributed by atoms with Crippen LogP contribution >= 0.6 is 0 Å². The van der Waals surface area contributed by atoms with Gasteiger partial charge in [0.05, 0.1) is 30.8 Å². The van der Waals surface area contributed by atoms with E-state index in [9.17, 15) is 13.2 Å². The van der Waals surface area contributed by atoms with Crippen molar-refractivity contribution in [2.45, 2.75) is 24.8 Å². The van der Waals surface area contributed by atoms with Gasteiger partial charge in [-0.05, 0) is 49.7 Å². The molecular weight excluding hydrogens is 440 g/mol. The number of benzene rings is 3. The minimum Gasteiger partial charge on any atom is -0.496 e. The first-order chi connectivity index (χ1) is 15.8. The lowest BCUT2D eigenvalue weighted by Gasteiger charge is -2.27.